The van der Waals surface area contributed by atoms with E-state index in [0.717, 1.165) is 32.1 Å². The van der Waals surface area contributed by atoms with E-state index >= 15 is 0 Å². The van der Waals surface area contributed by atoms with Gasteiger partial charge in [0.1, 0.15) is 0 Å². The van der Waals surface area contributed by atoms with E-state index in [4.69, 9.17) is 11.5 Å². The van der Waals surface area contributed by atoms with E-state index in [0.29, 0.717) is 6.54 Å². The van der Waals surface area contributed by atoms with Gasteiger partial charge in [0.15, 0.2) is 0 Å². The first kappa shape index (κ1) is 15.5. The molecule has 5 nitrogen and oxygen atoms in total. The molecule has 0 aromatic rings. The van der Waals surface area contributed by atoms with Gasteiger partial charge in [0.2, 0.25) is 5.91 Å². The van der Waals surface area contributed by atoms with Crippen molar-refractivity contribution in [1.29, 1.82) is 0 Å². The molecule has 19 heavy (non-hydrogen) atoms. The molecule has 1 aliphatic carbocycles. The van der Waals surface area contributed by atoms with Crippen molar-refractivity contribution in [3.8, 4) is 12.3 Å². The third-order valence-electron chi connectivity index (χ3n) is 3.85. The van der Waals surface area contributed by atoms with Gasteiger partial charge in [-0.15, -0.1) is 6.42 Å². The predicted molar refractivity (Wildman–Crippen MR) is 72.5 cm³/mol. The molecule has 106 valence electrons. The van der Waals surface area contributed by atoms with Crippen LogP contribution in [-0.4, -0.2) is 47.6 Å². The van der Waals surface area contributed by atoms with E-state index < -0.39 is 11.5 Å². The lowest BCUT2D eigenvalue weighted by atomic mass is 9.78. The lowest BCUT2D eigenvalue weighted by Gasteiger charge is -2.44. The van der Waals surface area contributed by atoms with Crippen LogP contribution in [0.2, 0.25) is 0 Å². The topological polar surface area (TPSA) is 69.6 Å². The second-order valence-electron chi connectivity index (χ2n) is 5.12. The Morgan fingerprint density at radius 3 is 2.53 bits per heavy atom. The molecule has 0 aromatic heterocycles. The summed E-state index contributed by atoms with van der Waals surface area (Å²) in [5.74, 6) is 1.46. The Morgan fingerprint density at radius 2 is 2.00 bits per heavy atom. The van der Waals surface area contributed by atoms with Crippen molar-refractivity contribution in [1.82, 2.24) is 10.2 Å². The molecular formula is C14H22N2O3. The summed E-state index contributed by atoms with van der Waals surface area (Å²) in [4.78, 5) is 24.8. The summed E-state index contributed by atoms with van der Waals surface area (Å²) in [7, 11) is 1.70. The number of carboxylic acids is 1. The minimum atomic E-state index is -0.849. The summed E-state index contributed by atoms with van der Waals surface area (Å²) in [6, 6.07) is 0. The van der Waals surface area contributed by atoms with Crippen LogP contribution in [0.3, 0.4) is 0 Å². The molecule has 0 aliphatic heterocycles. The molecule has 0 radical (unpaired) electrons. The summed E-state index contributed by atoms with van der Waals surface area (Å²) in [6.45, 7) is 0.494. The maximum absolute atomic E-state index is 12.1. The van der Waals surface area contributed by atoms with Crippen molar-refractivity contribution in [2.45, 2.75) is 44.1 Å². The number of carbonyl (C=O) groups is 2. The highest BCUT2D eigenvalue weighted by molar-refractivity contribution is 5.80. The Bertz CT molecular complexity index is 367. The number of hydrogen-bond acceptors (Lipinski definition) is 3. The second kappa shape index (κ2) is 7.15. The highest BCUT2D eigenvalue weighted by atomic mass is 16.4. The monoisotopic (exact) mass is 266 g/mol. The van der Waals surface area contributed by atoms with E-state index in [2.05, 4.69) is 11.2 Å². The van der Waals surface area contributed by atoms with Crippen LogP contribution in [0.15, 0.2) is 0 Å². The van der Waals surface area contributed by atoms with Crippen molar-refractivity contribution in [2.75, 3.05) is 20.1 Å². The standard InChI is InChI=1S/C14H22N2O3/c1-3-9-15-11-12(17)16(2)14(10-13(18)19)7-5-4-6-8-14/h1,15H,4-11H2,2H3,(H,18,19). The zero-order valence-corrected chi connectivity index (χ0v) is 11.4. The average molecular weight is 266 g/mol. The lowest BCUT2D eigenvalue weighted by molar-refractivity contribution is -0.145. The van der Waals surface area contributed by atoms with E-state index in [-0.39, 0.29) is 18.9 Å². The number of likely N-dealkylation sites (N-methyl/N-ethyl adjacent to an activating group) is 1. The number of carboxylic acid groups (broad SMARTS) is 1. The van der Waals surface area contributed by atoms with Gasteiger partial charge in [0, 0.05) is 7.05 Å². The maximum atomic E-state index is 12.1. The van der Waals surface area contributed by atoms with Crippen molar-refractivity contribution in [3.63, 3.8) is 0 Å². The Balaban J connectivity index is 2.70. The minimum absolute atomic E-state index is 0.0182. The number of amides is 1. The van der Waals surface area contributed by atoms with E-state index in [1.54, 1.807) is 11.9 Å². The summed E-state index contributed by atoms with van der Waals surface area (Å²) in [6.07, 6.45) is 9.71. The third kappa shape index (κ3) is 4.25. The lowest BCUT2D eigenvalue weighted by Crippen LogP contribution is -2.54. The molecule has 0 aromatic carbocycles. The molecule has 0 atom stereocenters. The second-order valence-corrected chi connectivity index (χ2v) is 5.12. The summed E-state index contributed by atoms with van der Waals surface area (Å²) >= 11 is 0. The van der Waals surface area contributed by atoms with Gasteiger partial charge in [0.05, 0.1) is 25.0 Å². The summed E-state index contributed by atoms with van der Waals surface area (Å²) < 4.78 is 0. The van der Waals surface area contributed by atoms with Gasteiger partial charge >= 0.3 is 5.97 Å². The van der Waals surface area contributed by atoms with Gasteiger partial charge in [-0.3, -0.25) is 14.9 Å². The molecular weight excluding hydrogens is 244 g/mol. The van der Waals surface area contributed by atoms with Gasteiger partial charge in [-0.05, 0) is 12.8 Å². The smallest absolute Gasteiger partial charge is 0.305 e. The van der Waals surface area contributed by atoms with Gasteiger partial charge in [0.25, 0.3) is 0 Å². The number of carbonyl (C=O) groups excluding carboxylic acids is 1. The average Bonchev–Trinajstić information content (AvgIpc) is 2.38. The Labute approximate surface area is 114 Å². The zero-order chi connectivity index (χ0) is 14.3. The van der Waals surface area contributed by atoms with Gasteiger partial charge in [-0.25, -0.2) is 0 Å². The van der Waals surface area contributed by atoms with Crippen LogP contribution in [0.4, 0.5) is 0 Å². The number of hydrogen-bond donors (Lipinski definition) is 2. The van der Waals surface area contributed by atoms with Gasteiger partial charge < -0.3 is 10.0 Å². The van der Waals surface area contributed by atoms with Crippen molar-refractivity contribution in [2.24, 2.45) is 0 Å². The van der Waals surface area contributed by atoms with Crippen LogP contribution in [0, 0.1) is 12.3 Å². The van der Waals surface area contributed by atoms with Crippen LogP contribution in [0.1, 0.15) is 38.5 Å². The molecule has 0 heterocycles. The largest absolute Gasteiger partial charge is 0.481 e. The molecule has 1 amide bonds. The molecule has 0 unspecified atom stereocenters. The SMILES string of the molecule is C#CCNCC(=O)N(C)C1(CC(=O)O)CCCCC1. The Morgan fingerprint density at radius 1 is 1.37 bits per heavy atom. The molecule has 5 heteroatoms. The van der Waals surface area contributed by atoms with Crippen LogP contribution >= 0.6 is 0 Å². The molecule has 1 aliphatic rings. The predicted octanol–water partition coefficient (Wildman–Crippen LogP) is 0.845. The highest BCUT2D eigenvalue weighted by Crippen LogP contribution is 2.35. The summed E-state index contributed by atoms with van der Waals surface area (Å²) in [5, 5.41) is 11.9. The number of aliphatic carboxylic acids is 1. The number of rotatable bonds is 6. The Hall–Kier alpha value is -1.54. The third-order valence-corrected chi connectivity index (χ3v) is 3.85. The molecule has 0 saturated heterocycles. The first-order chi connectivity index (χ1) is 9.02. The number of terminal acetylenes is 1. The highest BCUT2D eigenvalue weighted by Gasteiger charge is 2.40. The van der Waals surface area contributed by atoms with E-state index in [9.17, 15) is 9.59 Å². The number of nitrogens with zero attached hydrogens (tertiary/aromatic N) is 1. The van der Waals surface area contributed by atoms with Gasteiger partial charge in [-0.2, -0.15) is 0 Å². The number of nitrogens with one attached hydrogen (secondary N) is 1. The normalized spacial score (nSPS) is 17.5. The van der Waals surface area contributed by atoms with Crippen LogP contribution < -0.4 is 5.32 Å². The van der Waals surface area contributed by atoms with Crippen LogP contribution in [0.5, 0.6) is 0 Å². The van der Waals surface area contributed by atoms with Crippen molar-refractivity contribution in [3.05, 3.63) is 0 Å². The van der Waals surface area contributed by atoms with Crippen LogP contribution in [0.25, 0.3) is 0 Å². The molecule has 2 N–H and O–H groups in total. The van der Waals surface area contributed by atoms with Crippen molar-refractivity contribution >= 4 is 11.9 Å². The molecule has 1 rings (SSSR count). The molecule has 0 bridgehead atoms. The van der Waals surface area contributed by atoms with E-state index in [1.807, 2.05) is 0 Å². The van der Waals surface area contributed by atoms with E-state index in [1.165, 1.54) is 0 Å². The summed E-state index contributed by atoms with van der Waals surface area (Å²) in [5.41, 5.74) is -0.529. The fraction of sp³-hybridized carbons (Fsp3) is 0.714. The Kier molecular flexibility index (Phi) is 5.84. The minimum Gasteiger partial charge on any atom is -0.481 e. The fourth-order valence-corrected chi connectivity index (χ4v) is 2.75. The zero-order valence-electron chi connectivity index (χ0n) is 11.4. The van der Waals surface area contributed by atoms with Crippen LogP contribution in [-0.2, 0) is 9.59 Å². The molecule has 1 saturated carbocycles. The van der Waals surface area contributed by atoms with Crippen molar-refractivity contribution < 1.29 is 14.7 Å². The quantitative estimate of drug-likeness (QED) is 0.552. The fourth-order valence-electron chi connectivity index (χ4n) is 2.75. The van der Waals surface area contributed by atoms with Gasteiger partial charge in [-0.1, -0.05) is 25.2 Å². The maximum Gasteiger partial charge on any atom is 0.305 e. The molecule has 1 fully saturated rings. The first-order valence-corrected chi connectivity index (χ1v) is 6.64. The molecule has 0 spiro atoms. The first-order valence-electron chi connectivity index (χ1n) is 6.64.